The lowest BCUT2D eigenvalue weighted by Crippen LogP contribution is -2.39. The zero-order valence-electron chi connectivity index (χ0n) is 18.4. The fraction of sp³-hybridized carbons (Fsp3) is 0.522. The molecule has 8 nitrogen and oxygen atoms in total. The average Bonchev–Trinajstić information content (AvgIpc) is 2.78. The van der Waals surface area contributed by atoms with Gasteiger partial charge in [0.25, 0.3) is 5.91 Å². The van der Waals surface area contributed by atoms with Crippen molar-refractivity contribution in [3.63, 3.8) is 0 Å². The number of hydrogen-bond acceptors (Lipinski definition) is 7. The van der Waals surface area contributed by atoms with E-state index in [2.05, 4.69) is 15.3 Å². The van der Waals surface area contributed by atoms with Crippen LogP contribution < -0.4 is 24.3 Å². The Labute approximate surface area is 183 Å². The van der Waals surface area contributed by atoms with Gasteiger partial charge in [0, 0.05) is 24.0 Å². The summed E-state index contributed by atoms with van der Waals surface area (Å²) in [4.78, 5) is 21.1. The molecule has 2 aromatic rings. The Balaban J connectivity index is 1.63. The number of amides is 1. The van der Waals surface area contributed by atoms with Gasteiger partial charge < -0.3 is 24.3 Å². The summed E-state index contributed by atoms with van der Waals surface area (Å²) in [5, 5.41) is 3.14. The van der Waals surface area contributed by atoms with Crippen molar-refractivity contribution >= 4 is 5.91 Å². The van der Waals surface area contributed by atoms with Crippen LogP contribution in [0.4, 0.5) is 0 Å². The van der Waals surface area contributed by atoms with Gasteiger partial charge in [0.2, 0.25) is 11.6 Å². The lowest BCUT2D eigenvalue weighted by atomic mass is 9.92. The Hall–Kier alpha value is -3.03. The minimum absolute atomic E-state index is 0.0874. The fourth-order valence-corrected chi connectivity index (χ4v) is 3.63. The minimum atomic E-state index is -0.150. The Kier molecular flexibility index (Phi) is 8.32. The lowest BCUT2D eigenvalue weighted by Gasteiger charge is -2.29. The van der Waals surface area contributed by atoms with E-state index >= 15 is 0 Å². The maximum atomic E-state index is 13.0. The van der Waals surface area contributed by atoms with E-state index in [1.165, 1.54) is 0 Å². The summed E-state index contributed by atoms with van der Waals surface area (Å²) >= 11 is 0. The van der Waals surface area contributed by atoms with Gasteiger partial charge in [0.15, 0.2) is 11.5 Å². The van der Waals surface area contributed by atoms with E-state index in [1.807, 2.05) is 20.8 Å². The highest BCUT2D eigenvalue weighted by Gasteiger charge is 2.25. The topological polar surface area (TPSA) is 91.8 Å². The van der Waals surface area contributed by atoms with E-state index in [0.29, 0.717) is 48.5 Å². The van der Waals surface area contributed by atoms with Crippen molar-refractivity contribution in [3.05, 3.63) is 36.3 Å². The van der Waals surface area contributed by atoms with Crippen LogP contribution in [0, 0.1) is 0 Å². The summed E-state index contributed by atoms with van der Waals surface area (Å²) in [5.74, 6) is 1.95. The zero-order chi connectivity index (χ0) is 22.1. The first-order chi connectivity index (χ1) is 15.1. The smallest absolute Gasteiger partial charge is 0.251 e. The molecule has 31 heavy (non-hydrogen) atoms. The molecule has 0 unspecified atom stereocenters. The number of nitrogens with zero attached hydrogens (tertiary/aromatic N) is 2. The molecule has 8 heteroatoms. The van der Waals surface area contributed by atoms with Gasteiger partial charge >= 0.3 is 0 Å². The molecule has 0 atom stereocenters. The van der Waals surface area contributed by atoms with E-state index in [-0.39, 0.29) is 18.1 Å². The van der Waals surface area contributed by atoms with Gasteiger partial charge in [0.1, 0.15) is 6.10 Å². The summed E-state index contributed by atoms with van der Waals surface area (Å²) in [7, 11) is 0. The van der Waals surface area contributed by atoms with Crippen molar-refractivity contribution in [2.24, 2.45) is 0 Å². The van der Waals surface area contributed by atoms with Crippen LogP contribution in [0.5, 0.6) is 23.1 Å². The van der Waals surface area contributed by atoms with Gasteiger partial charge in [-0.2, -0.15) is 0 Å². The quantitative estimate of drug-likeness (QED) is 0.614. The first-order valence-electron chi connectivity index (χ1n) is 10.9. The summed E-state index contributed by atoms with van der Waals surface area (Å²) in [6.45, 7) is 7.09. The van der Waals surface area contributed by atoms with Crippen molar-refractivity contribution in [3.8, 4) is 23.1 Å². The molecule has 1 aliphatic rings. The molecule has 1 aromatic heterocycles. The van der Waals surface area contributed by atoms with Crippen molar-refractivity contribution < 1.29 is 23.7 Å². The maximum Gasteiger partial charge on any atom is 0.251 e. The van der Waals surface area contributed by atoms with Gasteiger partial charge in [-0.25, -0.2) is 4.98 Å². The summed E-state index contributed by atoms with van der Waals surface area (Å²) in [5.41, 5.74) is 0.494. The van der Waals surface area contributed by atoms with Gasteiger partial charge in [0.05, 0.1) is 26.0 Å². The molecule has 0 saturated heterocycles. The molecule has 0 aliphatic heterocycles. The zero-order valence-corrected chi connectivity index (χ0v) is 18.4. The Morgan fingerprint density at radius 3 is 2.16 bits per heavy atom. The molecule has 0 radical (unpaired) electrons. The maximum absolute atomic E-state index is 13.0. The van der Waals surface area contributed by atoms with E-state index in [0.717, 1.165) is 25.7 Å². The third-order valence-corrected chi connectivity index (χ3v) is 5.01. The van der Waals surface area contributed by atoms with Gasteiger partial charge in [-0.05, 0) is 58.6 Å². The second kappa shape index (κ2) is 11.4. The summed E-state index contributed by atoms with van der Waals surface area (Å²) < 4.78 is 23.0. The van der Waals surface area contributed by atoms with E-state index < -0.39 is 0 Å². The van der Waals surface area contributed by atoms with E-state index in [4.69, 9.17) is 18.9 Å². The number of hydrogen-bond donors (Lipinski definition) is 1. The molecule has 1 amide bonds. The molecule has 1 heterocycles. The van der Waals surface area contributed by atoms with Crippen LogP contribution in [0.2, 0.25) is 0 Å². The van der Waals surface area contributed by atoms with Gasteiger partial charge in [-0.15, -0.1) is 0 Å². The fourth-order valence-electron chi connectivity index (χ4n) is 3.63. The molecule has 0 bridgehead atoms. The van der Waals surface area contributed by atoms with Gasteiger partial charge in [-0.1, -0.05) is 0 Å². The van der Waals surface area contributed by atoms with Crippen LogP contribution in [0.1, 0.15) is 56.8 Å². The number of ether oxygens (including phenoxy) is 4. The third kappa shape index (κ3) is 6.23. The lowest BCUT2D eigenvalue weighted by molar-refractivity contribution is 0.0888. The van der Waals surface area contributed by atoms with Crippen molar-refractivity contribution in [2.45, 2.75) is 58.6 Å². The van der Waals surface area contributed by atoms with Crippen LogP contribution in [0.15, 0.2) is 30.7 Å². The molecule has 1 aliphatic carbocycles. The number of carbonyl (C=O) groups is 1. The summed E-state index contributed by atoms with van der Waals surface area (Å²) in [6.07, 6.45) is 8.31. The van der Waals surface area contributed by atoms with E-state index in [1.54, 1.807) is 30.7 Å². The molecule has 168 valence electrons. The standard InChI is InChI=1S/C23H31N3O5/c1-4-28-19-13-16(14-20(29-5-2)22(19)30-6-3)23(27)26-17-7-9-18(10-8-17)31-21-15-24-11-12-25-21/h11-15,17-18H,4-10H2,1-3H3,(H,26,27). The highest BCUT2D eigenvalue weighted by molar-refractivity contribution is 5.95. The Bertz CT molecular complexity index is 811. The minimum Gasteiger partial charge on any atom is -0.490 e. The number of aromatic nitrogens is 2. The van der Waals surface area contributed by atoms with Crippen LogP contribution in [0.25, 0.3) is 0 Å². The molecule has 3 rings (SSSR count). The highest BCUT2D eigenvalue weighted by atomic mass is 16.5. The van der Waals surface area contributed by atoms with Crippen molar-refractivity contribution in [1.29, 1.82) is 0 Å². The second-order valence-corrected chi connectivity index (χ2v) is 7.21. The highest BCUT2D eigenvalue weighted by Crippen LogP contribution is 2.39. The monoisotopic (exact) mass is 429 g/mol. The predicted octanol–water partition coefficient (Wildman–Crippen LogP) is 3.79. The molecule has 1 N–H and O–H groups in total. The Morgan fingerprint density at radius 1 is 0.968 bits per heavy atom. The van der Waals surface area contributed by atoms with Crippen molar-refractivity contribution in [2.75, 3.05) is 19.8 Å². The first-order valence-corrected chi connectivity index (χ1v) is 10.9. The number of carbonyl (C=O) groups excluding carboxylic acids is 1. The SMILES string of the molecule is CCOc1cc(C(=O)NC2CCC(Oc3cnccn3)CC2)cc(OCC)c1OCC. The van der Waals surface area contributed by atoms with Gasteiger partial charge in [-0.3, -0.25) is 9.78 Å². The number of rotatable bonds is 10. The van der Waals surface area contributed by atoms with Crippen molar-refractivity contribution in [1.82, 2.24) is 15.3 Å². The van der Waals surface area contributed by atoms with Crippen LogP contribution in [0.3, 0.4) is 0 Å². The normalized spacial score (nSPS) is 18.2. The third-order valence-electron chi connectivity index (χ3n) is 5.01. The molecule has 1 aromatic carbocycles. The van der Waals surface area contributed by atoms with E-state index in [9.17, 15) is 4.79 Å². The van der Waals surface area contributed by atoms with Crippen LogP contribution in [-0.4, -0.2) is 47.8 Å². The first kappa shape index (κ1) is 22.7. The molecular formula is C23H31N3O5. The summed E-state index contributed by atoms with van der Waals surface area (Å²) in [6, 6.07) is 3.52. The molecule has 1 saturated carbocycles. The Morgan fingerprint density at radius 2 is 1.61 bits per heavy atom. The predicted molar refractivity (Wildman–Crippen MR) is 116 cm³/mol. The average molecular weight is 430 g/mol. The van der Waals surface area contributed by atoms with Crippen LogP contribution in [-0.2, 0) is 0 Å². The largest absolute Gasteiger partial charge is 0.490 e. The molecular weight excluding hydrogens is 398 g/mol. The number of nitrogens with one attached hydrogen (secondary N) is 1. The number of benzene rings is 1. The van der Waals surface area contributed by atoms with Crippen LogP contribution >= 0.6 is 0 Å². The molecule has 1 fully saturated rings. The molecule has 0 spiro atoms. The second-order valence-electron chi connectivity index (χ2n) is 7.21.